The first kappa shape index (κ1) is 15.0. The van der Waals surface area contributed by atoms with Crippen molar-refractivity contribution in [3.05, 3.63) is 35.4 Å². The van der Waals surface area contributed by atoms with Crippen LogP contribution in [0, 0.1) is 11.3 Å². The monoisotopic (exact) mass is 294 g/mol. The summed E-state index contributed by atoms with van der Waals surface area (Å²) < 4.78 is 26.3. The van der Waals surface area contributed by atoms with E-state index in [1.165, 1.54) is 4.31 Å². The SMILES string of the molecule is N#Cc1cccc(CS(=O)(=O)N(CCO)C2CCC2)c1. The maximum Gasteiger partial charge on any atom is 0.218 e. The van der Waals surface area contributed by atoms with Crippen LogP contribution < -0.4 is 0 Å². The van der Waals surface area contributed by atoms with E-state index in [2.05, 4.69) is 0 Å². The van der Waals surface area contributed by atoms with Crippen LogP contribution in [0.3, 0.4) is 0 Å². The molecule has 6 heteroatoms. The third-order valence-electron chi connectivity index (χ3n) is 3.56. The minimum atomic E-state index is -3.46. The summed E-state index contributed by atoms with van der Waals surface area (Å²) in [6.45, 7) is -0.0289. The van der Waals surface area contributed by atoms with Gasteiger partial charge in [0.1, 0.15) is 0 Å². The molecule has 1 saturated carbocycles. The lowest BCUT2D eigenvalue weighted by atomic mass is 9.93. The highest BCUT2D eigenvalue weighted by Crippen LogP contribution is 2.28. The maximum atomic E-state index is 12.5. The molecule has 0 amide bonds. The molecule has 0 unspecified atom stereocenters. The highest BCUT2D eigenvalue weighted by molar-refractivity contribution is 7.88. The molecule has 1 aromatic carbocycles. The van der Waals surface area contributed by atoms with E-state index in [1.807, 2.05) is 6.07 Å². The largest absolute Gasteiger partial charge is 0.395 e. The molecule has 1 aliphatic rings. The second kappa shape index (κ2) is 6.35. The van der Waals surface area contributed by atoms with Crippen LogP contribution in [-0.2, 0) is 15.8 Å². The molecule has 1 aliphatic carbocycles. The Hall–Kier alpha value is -1.42. The van der Waals surface area contributed by atoms with Gasteiger partial charge in [-0.25, -0.2) is 8.42 Å². The van der Waals surface area contributed by atoms with Gasteiger partial charge in [-0.1, -0.05) is 18.6 Å². The zero-order chi connectivity index (χ0) is 14.6. The van der Waals surface area contributed by atoms with E-state index in [-0.39, 0.29) is 24.9 Å². The summed E-state index contributed by atoms with van der Waals surface area (Å²) in [5.41, 5.74) is 1.06. The Labute approximate surface area is 119 Å². The molecule has 1 fully saturated rings. The summed E-state index contributed by atoms with van der Waals surface area (Å²) in [5.74, 6) is -0.126. The van der Waals surface area contributed by atoms with E-state index in [9.17, 15) is 8.42 Å². The van der Waals surface area contributed by atoms with Gasteiger partial charge >= 0.3 is 0 Å². The highest BCUT2D eigenvalue weighted by atomic mass is 32.2. The van der Waals surface area contributed by atoms with Crippen molar-refractivity contribution >= 4 is 10.0 Å². The lowest BCUT2D eigenvalue weighted by Crippen LogP contribution is -2.46. The van der Waals surface area contributed by atoms with Gasteiger partial charge < -0.3 is 5.11 Å². The standard InChI is InChI=1S/C14H18N2O3S/c15-10-12-3-1-4-13(9-12)11-20(18,19)16(7-8-17)14-5-2-6-14/h1,3-4,9,14,17H,2,5-8,11H2. The van der Waals surface area contributed by atoms with Crippen molar-refractivity contribution in [2.45, 2.75) is 31.1 Å². The van der Waals surface area contributed by atoms with Crippen LogP contribution in [0.25, 0.3) is 0 Å². The predicted molar refractivity (Wildman–Crippen MR) is 75.2 cm³/mol. The van der Waals surface area contributed by atoms with Crippen molar-refractivity contribution in [2.24, 2.45) is 0 Å². The second-order valence-corrected chi connectivity index (χ2v) is 6.91. The molecule has 0 aromatic heterocycles. The van der Waals surface area contributed by atoms with Crippen molar-refractivity contribution in [2.75, 3.05) is 13.2 Å². The molecule has 108 valence electrons. The van der Waals surface area contributed by atoms with Crippen LogP contribution >= 0.6 is 0 Å². The molecule has 1 N–H and O–H groups in total. The van der Waals surface area contributed by atoms with Gasteiger partial charge in [0.15, 0.2) is 0 Å². The smallest absolute Gasteiger partial charge is 0.218 e. The molecule has 0 aliphatic heterocycles. The summed E-state index contributed by atoms with van der Waals surface area (Å²) in [6, 6.07) is 8.65. The Morgan fingerprint density at radius 3 is 2.70 bits per heavy atom. The first-order valence-electron chi connectivity index (χ1n) is 6.66. The Morgan fingerprint density at radius 2 is 2.15 bits per heavy atom. The molecule has 20 heavy (non-hydrogen) atoms. The number of sulfonamides is 1. The predicted octanol–water partition coefficient (Wildman–Crippen LogP) is 1.23. The lowest BCUT2D eigenvalue weighted by molar-refractivity contribution is 0.178. The third kappa shape index (κ3) is 3.37. The van der Waals surface area contributed by atoms with Crippen LogP contribution in [-0.4, -0.2) is 37.0 Å². The van der Waals surface area contributed by atoms with Gasteiger partial charge in [-0.05, 0) is 30.5 Å². The van der Waals surface area contributed by atoms with Gasteiger partial charge in [-0.15, -0.1) is 0 Å². The first-order valence-corrected chi connectivity index (χ1v) is 8.27. The van der Waals surface area contributed by atoms with E-state index >= 15 is 0 Å². The second-order valence-electron chi connectivity index (χ2n) is 4.99. The Morgan fingerprint density at radius 1 is 1.40 bits per heavy atom. The molecule has 0 saturated heterocycles. The summed E-state index contributed by atoms with van der Waals surface area (Å²) in [7, 11) is -3.46. The topological polar surface area (TPSA) is 81.4 Å². The summed E-state index contributed by atoms with van der Waals surface area (Å²) >= 11 is 0. The number of nitrogens with zero attached hydrogens (tertiary/aromatic N) is 2. The first-order chi connectivity index (χ1) is 9.56. The van der Waals surface area contributed by atoms with Gasteiger partial charge in [0.25, 0.3) is 0 Å². The molecule has 2 rings (SSSR count). The van der Waals surface area contributed by atoms with Crippen molar-refractivity contribution in [3.63, 3.8) is 0 Å². The zero-order valence-corrected chi connectivity index (χ0v) is 12.0. The minimum absolute atomic E-state index is 0.0197. The Kier molecular flexibility index (Phi) is 4.76. The minimum Gasteiger partial charge on any atom is -0.395 e. The fourth-order valence-electron chi connectivity index (χ4n) is 2.35. The van der Waals surface area contributed by atoms with E-state index < -0.39 is 10.0 Å². The average molecular weight is 294 g/mol. The van der Waals surface area contributed by atoms with E-state index in [0.717, 1.165) is 19.3 Å². The molecular weight excluding hydrogens is 276 g/mol. The molecule has 0 atom stereocenters. The fraction of sp³-hybridized carbons (Fsp3) is 0.500. The van der Waals surface area contributed by atoms with Crippen LogP contribution in [0.5, 0.6) is 0 Å². The average Bonchev–Trinajstić information content (AvgIpc) is 2.36. The summed E-state index contributed by atoms with van der Waals surface area (Å²) in [6.07, 6.45) is 2.75. The van der Waals surface area contributed by atoms with Crippen molar-refractivity contribution in [1.29, 1.82) is 5.26 Å². The van der Waals surface area contributed by atoms with Crippen molar-refractivity contribution < 1.29 is 13.5 Å². The normalized spacial score (nSPS) is 15.8. The molecule has 0 radical (unpaired) electrons. The summed E-state index contributed by atoms with van der Waals surface area (Å²) in [5, 5.41) is 17.9. The number of hydrogen-bond donors (Lipinski definition) is 1. The zero-order valence-electron chi connectivity index (χ0n) is 11.2. The molecule has 0 heterocycles. The van der Waals surface area contributed by atoms with Crippen LogP contribution in [0.2, 0.25) is 0 Å². The van der Waals surface area contributed by atoms with E-state index in [0.29, 0.717) is 11.1 Å². The molecule has 0 spiro atoms. The van der Waals surface area contributed by atoms with Gasteiger partial charge in [0.05, 0.1) is 24.0 Å². The van der Waals surface area contributed by atoms with Crippen molar-refractivity contribution in [1.82, 2.24) is 4.31 Å². The maximum absolute atomic E-state index is 12.5. The number of aliphatic hydroxyl groups excluding tert-OH is 1. The molecule has 1 aromatic rings. The summed E-state index contributed by atoms with van der Waals surface area (Å²) in [4.78, 5) is 0. The Balaban J connectivity index is 2.17. The quantitative estimate of drug-likeness (QED) is 0.855. The molecule has 5 nitrogen and oxygen atoms in total. The van der Waals surface area contributed by atoms with Gasteiger partial charge in [0, 0.05) is 12.6 Å². The van der Waals surface area contributed by atoms with E-state index in [4.69, 9.17) is 10.4 Å². The van der Waals surface area contributed by atoms with Gasteiger partial charge in [0.2, 0.25) is 10.0 Å². The number of rotatable bonds is 6. The molecular formula is C14H18N2O3S. The van der Waals surface area contributed by atoms with Gasteiger partial charge in [-0.2, -0.15) is 9.57 Å². The van der Waals surface area contributed by atoms with Gasteiger partial charge in [-0.3, -0.25) is 0 Å². The highest BCUT2D eigenvalue weighted by Gasteiger charge is 2.33. The molecule has 0 bridgehead atoms. The third-order valence-corrected chi connectivity index (χ3v) is 5.46. The van der Waals surface area contributed by atoms with Crippen molar-refractivity contribution in [3.8, 4) is 6.07 Å². The number of hydrogen-bond acceptors (Lipinski definition) is 4. The van der Waals surface area contributed by atoms with E-state index in [1.54, 1.807) is 24.3 Å². The number of benzene rings is 1. The van der Waals surface area contributed by atoms with Crippen LogP contribution in [0.15, 0.2) is 24.3 Å². The number of aliphatic hydroxyl groups is 1. The Bertz CT molecular complexity index is 603. The van der Waals surface area contributed by atoms with Crippen LogP contribution in [0.4, 0.5) is 0 Å². The number of nitriles is 1. The van der Waals surface area contributed by atoms with Crippen LogP contribution in [0.1, 0.15) is 30.4 Å². The lowest BCUT2D eigenvalue weighted by Gasteiger charge is -2.36. The fourth-order valence-corrected chi connectivity index (χ4v) is 4.14.